The quantitative estimate of drug-likeness (QED) is 0.607. The molecule has 1 aromatic heterocycles. The van der Waals surface area contributed by atoms with Crippen LogP contribution in [-0.2, 0) is 4.74 Å². The molecule has 0 aliphatic heterocycles. The van der Waals surface area contributed by atoms with E-state index >= 15 is 0 Å². The van der Waals surface area contributed by atoms with Crippen LogP contribution in [0.5, 0.6) is 0 Å². The maximum absolute atomic E-state index is 11.9. The van der Waals surface area contributed by atoms with Crippen molar-refractivity contribution in [1.29, 1.82) is 0 Å². The minimum atomic E-state index is -0.362. The van der Waals surface area contributed by atoms with E-state index in [0.717, 1.165) is 0 Å². The SMILES string of the molecule is CCOC(=O)c1cccnc1N(CC)CCC(N)=S. The van der Waals surface area contributed by atoms with Gasteiger partial charge >= 0.3 is 5.97 Å². The van der Waals surface area contributed by atoms with Crippen LogP contribution in [0.2, 0.25) is 0 Å². The molecule has 104 valence electrons. The lowest BCUT2D eigenvalue weighted by atomic mass is 10.2. The first-order chi connectivity index (χ1) is 9.10. The Labute approximate surface area is 118 Å². The van der Waals surface area contributed by atoms with Gasteiger partial charge in [0.2, 0.25) is 0 Å². The summed E-state index contributed by atoms with van der Waals surface area (Å²) in [5, 5.41) is 0. The van der Waals surface area contributed by atoms with E-state index in [0.29, 0.717) is 42.5 Å². The molecule has 0 bridgehead atoms. The fourth-order valence-electron chi connectivity index (χ4n) is 1.68. The lowest BCUT2D eigenvalue weighted by molar-refractivity contribution is 0.0526. The highest BCUT2D eigenvalue weighted by Crippen LogP contribution is 2.18. The van der Waals surface area contributed by atoms with Crippen LogP contribution in [0.15, 0.2) is 18.3 Å². The van der Waals surface area contributed by atoms with Crippen LogP contribution in [0.3, 0.4) is 0 Å². The van der Waals surface area contributed by atoms with Gasteiger partial charge in [0.25, 0.3) is 0 Å². The molecule has 5 nitrogen and oxygen atoms in total. The Morgan fingerprint density at radius 3 is 2.84 bits per heavy atom. The van der Waals surface area contributed by atoms with E-state index in [2.05, 4.69) is 4.98 Å². The molecule has 0 radical (unpaired) electrons. The number of hydrogen-bond donors (Lipinski definition) is 1. The zero-order chi connectivity index (χ0) is 14.3. The number of nitrogens with two attached hydrogens (primary N) is 1. The van der Waals surface area contributed by atoms with Crippen molar-refractivity contribution in [2.75, 3.05) is 24.6 Å². The summed E-state index contributed by atoms with van der Waals surface area (Å²) in [6.07, 6.45) is 2.24. The molecule has 2 N–H and O–H groups in total. The number of esters is 1. The number of rotatable bonds is 7. The molecule has 19 heavy (non-hydrogen) atoms. The van der Waals surface area contributed by atoms with Crippen LogP contribution in [0.25, 0.3) is 0 Å². The molecule has 0 aliphatic rings. The normalized spacial score (nSPS) is 10.0. The van der Waals surface area contributed by atoms with Crippen LogP contribution in [0, 0.1) is 0 Å². The van der Waals surface area contributed by atoms with E-state index in [1.54, 1.807) is 25.3 Å². The second kappa shape index (κ2) is 7.68. The first-order valence-electron chi connectivity index (χ1n) is 6.25. The van der Waals surface area contributed by atoms with Gasteiger partial charge in [-0.15, -0.1) is 0 Å². The highest BCUT2D eigenvalue weighted by atomic mass is 32.1. The predicted octanol–water partition coefficient (Wildman–Crippen LogP) is 1.76. The molecule has 0 aliphatic carbocycles. The number of anilines is 1. The van der Waals surface area contributed by atoms with Crippen molar-refractivity contribution >= 4 is 29.0 Å². The Hall–Kier alpha value is -1.69. The molecule has 0 unspecified atom stereocenters. The van der Waals surface area contributed by atoms with Gasteiger partial charge in [0.15, 0.2) is 0 Å². The number of hydrogen-bond acceptors (Lipinski definition) is 5. The van der Waals surface area contributed by atoms with Crippen molar-refractivity contribution in [1.82, 2.24) is 4.98 Å². The monoisotopic (exact) mass is 281 g/mol. The van der Waals surface area contributed by atoms with Gasteiger partial charge in [0.1, 0.15) is 11.4 Å². The van der Waals surface area contributed by atoms with Crippen molar-refractivity contribution in [3.8, 4) is 0 Å². The maximum Gasteiger partial charge on any atom is 0.341 e. The van der Waals surface area contributed by atoms with Gasteiger partial charge in [-0.05, 0) is 26.0 Å². The molecule has 0 saturated carbocycles. The molecule has 0 saturated heterocycles. The van der Waals surface area contributed by atoms with Crippen LogP contribution >= 0.6 is 12.2 Å². The van der Waals surface area contributed by atoms with Crippen LogP contribution in [0.4, 0.5) is 5.82 Å². The molecular formula is C13H19N3O2S. The lowest BCUT2D eigenvalue weighted by Crippen LogP contribution is -2.29. The molecule has 0 atom stereocenters. The van der Waals surface area contributed by atoms with Crippen molar-refractivity contribution in [3.63, 3.8) is 0 Å². The van der Waals surface area contributed by atoms with Gasteiger partial charge in [-0.1, -0.05) is 12.2 Å². The molecular weight excluding hydrogens is 262 g/mol. The van der Waals surface area contributed by atoms with Crippen molar-refractivity contribution in [2.45, 2.75) is 20.3 Å². The molecule has 1 heterocycles. The topological polar surface area (TPSA) is 68.5 Å². The molecule has 0 aromatic carbocycles. The first-order valence-corrected chi connectivity index (χ1v) is 6.66. The van der Waals surface area contributed by atoms with E-state index in [-0.39, 0.29) is 5.97 Å². The number of carbonyl (C=O) groups excluding carboxylic acids is 1. The standard InChI is InChI=1S/C13H19N3O2S/c1-3-16(9-7-11(14)19)12-10(6-5-8-15-12)13(17)18-4-2/h5-6,8H,3-4,7,9H2,1-2H3,(H2,14,19). The molecule has 1 aromatic rings. The number of thiocarbonyl (C=S) groups is 1. The Bertz CT molecular complexity index is 451. The zero-order valence-corrected chi connectivity index (χ0v) is 12.1. The van der Waals surface area contributed by atoms with Crippen LogP contribution < -0.4 is 10.6 Å². The second-order valence-corrected chi connectivity index (χ2v) is 4.42. The first kappa shape index (κ1) is 15.4. The summed E-state index contributed by atoms with van der Waals surface area (Å²) in [4.78, 5) is 18.6. The summed E-state index contributed by atoms with van der Waals surface area (Å²) in [6.45, 7) is 5.45. The van der Waals surface area contributed by atoms with Crippen molar-refractivity contribution in [2.24, 2.45) is 5.73 Å². The van der Waals surface area contributed by atoms with E-state index < -0.39 is 0 Å². The van der Waals surface area contributed by atoms with Gasteiger partial charge in [-0.25, -0.2) is 9.78 Å². The average Bonchev–Trinajstić information content (AvgIpc) is 2.40. The minimum Gasteiger partial charge on any atom is -0.462 e. The number of ether oxygens (including phenoxy) is 1. The number of aromatic nitrogens is 1. The Morgan fingerprint density at radius 1 is 1.53 bits per heavy atom. The largest absolute Gasteiger partial charge is 0.462 e. The van der Waals surface area contributed by atoms with Gasteiger partial charge in [-0.3, -0.25) is 0 Å². The predicted molar refractivity (Wildman–Crippen MR) is 79.5 cm³/mol. The third-order valence-electron chi connectivity index (χ3n) is 2.59. The minimum absolute atomic E-state index is 0.339. The number of nitrogens with zero attached hydrogens (tertiary/aromatic N) is 2. The Kier molecular flexibility index (Phi) is 6.21. The van der Waals surface area contributed by atoms with E-state index in [9.17, 15) is 4.79 Å². The summed E-state index contributed by atoms with van der Waals surface area (Å²) < 4.78 is 5.03. The smallest absolute Gasteiger partial charge is 0.341 e. The van der Waals surface area contributed by atoms with Gasteiger partial charge < -0.3 is 15.4 Å². The summed E-state index contributed by atoms with van der Waals surface area (Å²) in [6, 6.07) is 3.43. The molecule has 6 heteroatoms. The highest BCUT2D eigenvalue weighted by Gasteiger charge is 2.17. The maximum atomic E-state index is 11.9. The summed E-state index contributed by atoms with van der Waals surface area (Å²) in [5.41, 5.74) is 5.98. The zero-order valence-electron chi connectivity index (χ0n) is 11.3. The van der Waals surface area contributed by atoms with E-state index in [4.69, 9.17) is 22.7 Å². The average molecular weight is 281 g/mol. The van der Waals surface area contributed by atoms with Gasteiger partial charge in [-0.2, -0.15) is 0 Å². The number of carbonyl (C=O) groups is 1. The lowest BCUT2D eigenvalue weighted by Gasteiger charge is -2.23. The Morgan fingerprint density at radius 2 is 2.26 bits per heavy atom. The van der Waals surface area contributed by atoms with Gasteiger partial charge in [0.05, 0.1) is 11.6 Å². The molecule has 1 rings (SSSR count). The third-order valence-corrected chi connectivity index (χ3v) is 2.80. The van der Waals surface area contributed by atoms with Gasteiger partial charge in [0, 0.05) is 25.7 Å². The van der Waals surface area contributed by atoms with E-state index in [1.165, 1.54) is 0 Å². The summed E-state index contributed by atoms with van der Waals surface area (Å²) in [7, 11) is 0. The van der Waals surface area contributed by atoms with E-state index in [1.807, 2.05) is 11.8 Å². The third kappa shape index (κ3) is 4.48. The number of pyridine rings is 1. The fraction of sp³-hybridized carbons (Fsp3) is 0.462. The summed E-state index contributed by atoms with van der Waals surface area (Å²) >= 11 is 4.88. The van der Waals surface area contributed by atoms with Crippen molar-refractivity contribution in [3.05, 3.63) is 23.9 Å². The molecule has 0 amide bonds. The molecule has 0 fully saturated rings. The second-order valence-electron chi connectivity index (χ2n) is 3.89. The summed E-state index contributed by atoms with van der Waals surface area (Å²) in [5.74, 6) is 0.249. The fourth-order valence-corrected chi connectivity index (χ4v) is 1.77. The highest BCUT2D eigenvalue weighted by molar-refractivity contribution is 7.80. The molecule has 0 spiro atoms. The van der Waals surface area contributed by atoms with Crippen LogP contribution in [-0.4, -0.2) is 35.6 Å². The Balaban J connectivity index is 2.96. The van der Waals surface area contributed by atoms with Crippen molar-refractivity contribution < 1.29 is 9.53 Å². The van der Waals surface area contributed by atoms with Crippen LogP contribution in [0.1, 0.15) is 30.6 Å².